The highest BCUT2D eigenvalue weighted by molar-refractivity contribution is 6.12. The van der Waals surface area contributed by atoms with Gasteiger partial charge in [-0.3, -0.25) is 29.8 Å². The van der Waals surface area contributed by atoms with Crippen LogP contribution in [0.2, 0.25) is 0 Å². The summed E-state index contributed by atoms with van der Waals surface area (Å²) < 4.78 is 26.3. The minimum absolute atomic E-state index is 0.122. The fraction of sp³-hybridized carbons (Fsp3) is 0.385. The Hall–Kier alpha value is -5.51. The first-order chi connectivity index (χ1) is 25.8. The molecule has 3 aromatic carbocycles. The Morgan fingerprint density at radius 2 is 1.48 bits per heavy atom. The summed E-state index contributed by atoms with van der Waals surface area (Å²) in [7, 11) is 0. The van der Waals surface area contributed by atoms with E-state index < -0.39 is 59.0 Å². The minimum atomic E-state index is -1.57. The van der Waals surface area contributed by atoms with Crippen LogP contribution in [0, 0.1) is 26.0 Å². The van der Waals surface area contributed by atoms with Crippen LogP contribution < -0.4 is 5.32 Å². The van der Waals surface area contributed by atoms with Crippen molar-refractivity contribution in [1.29, 1.82) is 0 Å². The van der Waals surface area contributed by atoms with E-state index in [9.17, 15) is 44.4 Å². The number of anilines is 1. The average molecular weight is 749 g/mol. The molecule has 0 fully saturated rings. The number of benzene rings is 3. The van der Waals surface area contributed by atoms with E-state index >= 15 is 0 Å². The lowest BCUT2D eigenvalue weighted by atomic mass is 9.94. The van der Waals surface area contributed by atoms with Crippen LogP contribution in [0.1, 0.15) is 62.0 Å². The monoisotopic (exact) mass is 748 g/mol. The molecule has 4 rings (SSSR count). The molecule has 1 amide bonds. The summed E-state index contributed by atoms with van der Waals surface area (Å²) in [5.41, 5.74) is 4.44. The lowest BCUT2D eigenvalue weighted by molar-refractivity contribution is -0.616. The molecule has 0 saturated heterocycles. The van der Waals surface area contributed by atoms with Crippen LogP contribution in [0.3, 0.4) is 0 Å². The fourth-order valence-corrected chi connectivity index (χ4v) is 6.19. The number of carbonyl (C=O) groups is 2. The normalized spacial score (nSPS) is 13.5. The maximum atomic E-state index is 14.2. The summed E-state index contributed by atoms with van der Waals surface area (Å²) in [5.74, 6) is -1.74. The van der Waals surface area contributed by atoms with Crippen molar-refractivity contribution >= 4 is 17.6 Å². The highest BCUT2D eigenvalue weighted by Gasteiger charge is 2.37. The second-order valence-corrected chi connectivity index (χ2v) is 13.2. The van der Waals surface area contributed by atoms with Crippen LogP contribution in [-0.4, -0.2) is 80.6 Å². The summed E-state index contributed by atoms with van der Waals surface area (Å²) in [6.07, 6.45) is -2.85. The standard InChI is InChI=1S/C39H45FN4O10/c1-25(2)37-36(39(48)41-30-12-8-5-9-13-30)35(27-10-6-4-7-11-27)38(28-14-16-29(40)17-15-28)42(37)19-18-31(45)22-32(46)23-34(47)54-21-20-53-24-33(44(51)52)26(3)43(49)50/h4-17,25-26,31-33,45-46H,18-24H2,1-3H3,(H,41,48)/t26?,31-,32-,33?/m1/s1. The van der Waals surface area contributed by atoms with E-state index in [1.54, 1.807) is 24.3 Å². The van der Waals surface area contributed by atoms with Crippen LogP contribution in [0.15, 0.2) is 84.9 Å². The average Bonchev–Trinajstić information content (AvgIpc) is 3.48. The number of hydrogen-bond donors (Lipinski definition) is 3. The van der Waals surface area contributed by atoms with Crippen LogP contribution in [0.4, 0.5) is 10.1 Å². The van der Waals surface area contributed by atoms with Gasteiger partial charge in [-0.15, -0.1) is 0 Å². The first-order valence-electron chi connectivity index (χ1n) is 17.6. The van der Waals surface area contributed by atoms with Gasteiger partial charge >= 0.3 is 12.0 Å². The number of carbonyl (C=O) groups excluding carboxylic acids is 2. The van der Waals surface area contributed by atoms with Crippen LogP contribution >= 0.6 is 0 Å². The van der Waals surface area contributed by atoms with Gasteiger partial charge in [-0.1, -0.05) is 62.4 Å². The van der Waals surface area contributed by atoms with E-state index in [2.05, 4.69) is 5.32 Å². The lowest BCUT2D eigenvalue weighted by Gasteiger charge is -2.20. The van der Waals surface area contributed by atoms with Crippen molar-refractivity contribution in [2.75, 3.05) is 25.1 Å². The molecule has 1 heterocycles. The van der Waals surface area contributed by atoms with Gasteiger partial charge in [0.1, 0.15) is 19.0 Å². The molecule has 2 unspecified atom stereocenters. The molecule has 15 heteroatoms. The molecule has 0 saturated carbocycles. The van der Waals surface area contributed by atoms with E-state index in [0.717, 1.165) is 12.5 Å². The topological polar surface area (TPSA) is 196 Å². The Morgan fingerprint density at radius 3 is 2.07 bits per heavy atom. The second kappa shape index (κ2) is 19.5. The van der Waals surface area contributed by atoms with Gasteiger partial charge in [0.2, 0.25) is 0 Å². The highest BCUT2D eigenvalue weighted by atomic mass is 19.1. The van der Waals surface area contributed by atoms with Crippen molar-refractivity contribution < 1.29 is 43.5 Å². The number of aliphatic hydroxyl groups is 2. The van der Waals surface area contributed by atoms with Gasteiger partial charge < -0.3 is 29.6 Å². The zero-order valence-electron chi connectivity index (χ0n) is 30.3. The Kier molecular flexibility index (Phi) is 14.9. The van der Waals surface area contributed by atoms with Crippen LogP contribution in [0.5, 0.6) is 0 Å². The number of rotatable bonds is 20. The van der Waals surface area contributed by atoms with Gasteiger partial charge in [0, 0.05) is 40.3 Å². The molecule has 14 nitrogen and oxygen atoms in total. The number of para-hydroxylation sites is 1. The first-order valence-corrected chi connectivity index (χ1v) is 17.6. The number of ether oxygens (including phenoxy) is 2. The van der Waals surface area contributed by atoms with Crippen molar-refractivity contribution in [3.8, 4) is 22.4 Å². The zero-order valence-corrected chi connectivity index (χ0v) is 30.3. The molecule has 0 aliphatic carbocycles. The maximum Gasteiger partial charge on any atom is 0.308 e. The smallest absolute Gasteiger partial charge is 0.308 e. The summed E-state index contributed by atoms with van der Waals surface area (Å²) in [6.45, 7) is 4.13. The fourth-order valence-electron chi connectivity index (χ4n) is 6.19. The molecule has 54 heavy (non-hydrogen) atoms. The van der Waals surface area contributed by atoms with Gasteiger partial charge in [-0.25, -0.2) is 4.39 Å². The lowest BCUT2D eigenvalue weighted by Crippen LogP contribution is -2.40. The van der Waals surface area contributed by atoms with E-state index in [1.165, 1.54) is 12.1 Å². The number of aromatic nitrogens is 1. The summed E-state index contributed by atoms with van der Waals surface area (Å²) in [5, 5.41) is 46.7. The van der Waals surface area contributed by atoms with Gasteiger partial charge in [0.05, 0.1) is 36.5 Å². The third kappa shape index (κ3) is 11.0. The SMILES string of the molecule is CC(C)c1c(C(=O)Nc2ccccc2)c(-c2ccccc2)c(-c2ccc(F)cc2)n1CC[C@@H](O)C[C@@H](O)CC(=O)OCCOCC(C(C)[N+](=O)[O-])[N+](=O)[O-]. The maximum absolute atomic E-state index is 14.2. The Morgan fingerprint density at radius 1 is 0.852 bits per heavy atom. The van der Waals surface area contributed by atoms with Crippen LogP contribution in [0.25, 0.3) is 22.4 Å². The third-order valence-corrected chi connectivity index (χ3v) is 8.86. The number of halogens is 1. The van der Waals surface area contributed by atoms with Crippen molar-refractivity contribution in [1.82, 2.24) is 4.57 Å². The Balaban J connectivity index is 1.51. The molecule has 0 spiro atoms. The summed E-state index contributed by atoms with van der Waals surface area (Å²) in [4.78, 5) is 47.0. The van der Waals surface area contributed by atoms with E-state index in [-0.39, 0.29) is 44.4 Å². The summed E-state index contributed by atoms with van der Waals surface area (Å²) >= 11 is 0. The van der Waals surface area contributed by atoms with Crippen molar-refractivity contribution in [2.24, 2.45) is 0 Å². The number of nitrogens with one attached hydrogen (secondary N) is 1. The minimum Gasteiger partial charge on any atom is -0.463 e. The van der Waals surface area contributed by atoms with Gasteiger partial charge in [0.25, 0.3) is 11.9 Å². The molecule has 4 atom stereocenters. The van der Waals surface area contributed by atoms with E-state index in [4.69, 9.17) is 9.47 Å². The molecule has 4 aromatic rings. The van der Waals surface area contributed by atoms with E-state index in [1.807, 2.05) is 66.9 Å². The number of nitro groups is 2. The number of amides is 1. The van der Waals surface area contributed by atoms with E-state index in [0.29, 0.717) is 33.8 Å². The van der Waals surface area contributed by atoms with Gasteiger partial charge in [0.15, 0.2) is 0 Å². The summed E-state index contributed by atoms with van der Waals surface area (Å²) in [6, 6.07) is 21.4. The number of nitrogens with zero attached hydrogens (tertiary/aromatic N) is 3. The number of esters is 1. The van der Waals surface area contributed by atoms with Gasteiger partial charge in [-0.2, -0.15) is 0 Å². The number of aliphatic hydroxyl groups excluding tert-OH is 2. The van der Waals surface area contributed by atoms with Crippen molar-refractivity contribution in [3.05, 3.63) is 122 Å². The van der Waals surface area contributed by atoms with Crippen molar-refractivity contribution in [2.45, 2.75) is 76.8 Å². The van der Waals surface area contributed by atoms with Crippen LogP contribution in [-0.2, 0) is 20.8 Å². The third-order valence-electron chi connectivity index (χ3n) is 8.86. The molecular weight excluding hydrogens is 703 g/mol. The molecular formula is C39H45FN4O10. The molecule has 0 radical (unpaired) electrons. The molecule has 0 aliphatic heterocycles. The predicted molar refractivity (Wildman–Crippen MR) is 199 cm³/mol. The second-order valence-electron chi connectivity index (χ2n) is 13.2. The molecule has 3 N–H and O–H groups in total. The molecule has 1 aromatic heterocycles. The zero-order chi connectivity index (χ0) is 39.4. The van der Waals surface area contributed by atoms with Gasteiger partial charge in [-0.05, 0) is 66.3 Å². The first kappa shape index (κ1) is 41.2. The molecule has 0 aliphatic rings. The largest absolute Gasteiger partial charge is 0.463 e. The Labute approximate surface area is 311 Å². The van der Waals surface area contributed by atoms with Crippen molar-refractivity contribution in [3.63, 3.8) is 0 Å². The molecule has 0 bridgehead atoms. The quantitative estimate of drug-likeness (QED) is 0.0411. The Bertz CT molecular complexity index is 1870. The number of hydrogen-bond acceptors (Lipinski definition) is 10. The highest BCUT2D eigenvalue weighted by Crippen LogP contribution is 2.42. The molecule has 288 valence electrons. The predicted octanol–water partition coefficient (Wildman–Crippen LogP) is 6.10.